The van der Waals surface area contributed by atoms with Crippen LogP contribution in [0.15, 0.2) is 30.5 Å². The van der Waals surface area contributed by atoms with Crippen molar-refractivity contribution >= 4 is 10.9 Å². The zero-order chi connectivity index (χ0) is 9.97. The molecule has 0 saturated heterocycles. The lowest BCUT2D eigenvalue weighted by Crippen LogP contribution is -2.03. The Balaban J connectivity index is 2.21. The Morgan fingerprint density at radius 2 is 2.21 bits per heavy atom. The third-order valence-electron chi connectivity index (χ3n) is 2.20. The van der Waals surface area contributed by atoms with Gasteiger partial charge in [0.2, 0.25) is 6.54 Å². The van der Waals surface area contributed by atoms with Crippen LogP contribution in [0.2, 0.25) is 0 Å². The third kappa shape index (κ3) is 1.74. The van der Waals surface area contributed by atoms with Crippen LogP contribution in [-0.4, -0.2) is 16.5 Å². The molecule has 1 heterocycles. The summed E-state index contributed by atoms with van der Waals surface area (Å²) in [5, 5.41) is 11.3. The average Bonchev–Trinajstić information content (AvgIpc) is 2.61. The normalized spacial score (nSPS) is 10.6. The maximum atomic E-state index is 10.2. The molecule has 1 aromatic heterocycles. The molecule has 0 aliphatic heterocycles. The number of hydrogen-bond donors (Lipinski definition) is 1. The van der Waals surface area contributed by atoms with Gasteiger partial charge in [-0.05, 0) is 23.1 Å². The van der Waals surface area contributed by atoms with Crippen LogP contribution < -0.4 is 0 Å². The Bertz CT molecular complexity index is 462. The summed E-state index contributed by atoms with van der Waals surface area (Å²) in [6.07, 6.45) is 2.35. The number of nitro groups is 1. The topological polar surface area (TPSA) is 58.9 Å². The van der Waals surface area contributed by atoms with E-state index in [9.17, 15) is 10.1 Å². The minimum Gasteiger partial charge on any atom is -0.361 e. The van der Waals surface area contributed by atoms with Gasteiger partial charge in [0.15, 0.2) is 0 Å². The van der Waals surface area contributed by atoms with Crippen LogP contribution in [0.3, 0.4) is 0 Å². The van der Waals surface area contributed by atoms with E-state index in [0.717, 1.165) is 16.5 Å². The van der Waals surface area contributed by atoms with Crippen molar-refractivity contribution in [3.63, 3.8) is 0 Å². The smallest absolute Gasteiger partial charge is 0.207 e. The summed E-state index contributed by atoms with van der Waals surface area (Å²) in [5.74, 6) is 0. The van der Waals surface area contributed by atoms with Gasteiger partial charge in [-0.3, -0.25) is 10.1 Å². The number of fused-ring (bicyclic) bond motifs is 1. The van der Waals surface area contributed by atoms with Crippen LogP contribution in [-0.2, 0) is 6.42 Å². The van der Waals surface area contributed by atoms with Gasteiger partial charge >= 0.3 is 0 Å². The number of H-pyrrole nitrogens is 1. The van der Waals surface area contributed by atoms with E-state index < -0.39 is 0 Å². The first-order chi connectivity index (χ1) is 6.75. The molecule has 0 aliphatic rings. The van der Waals surface area contributed by atoms with E-state index >= 15 is 0 Å². The molecule has 0 fully saturated rings. The molecular formula is C10H10N2O2. The van der Waals surface area contributed by atoms with Gasteiger partial charge in [0.25, 0.3) is 0 Å². The molecule has 0 amide bonds. The molecule has 72 valence electrons. The van der Waals surface area contributed by atoms with Crippen LogP contribution in [0.1, 0.15) is 5.56 Å². The molecule has 0 radical (unpaired) electrons. The number of hydrogen-bond acceptors (Lipinski definition) is 2. The second-order valence-electron chi connectivity index (χ2n) is 3.21. The van der Waals surface area contributed by atoms with E-state index in [2.05, 4.69) is 4.98 Å². The van der Waals surface area contributed by atoms with Gasteiger partial charge in [0, 0.05) is 23.1 Å². The van der Waals surface area contributed by atoms with Gasteiger partial charge in [-0.2, -0.15) is 0 Å². The lowest BCUT2D eigenvalue weighted by atomic mass is 10.1. The van der Waals surface area contributed by atoms with Gasteiger partial charge in [0.1, 0.15) is 0 Å². The Morgan fingerprint density at radius 1 is 1.36 bits per heavy atom. The zero-order valence-electron chi connectivity index (χ0n) is 7.56. The first-order valence-electron chi connectivity index (χ1n) is 4.43. The molecule has 0 spiro atoms. The Labute approximate surface area is 80.7 Å². The highest BCUT2D eigenvalue weighted by atomic mass is 16.6. The number of benzene rings is 1. The van der Waals surface area contributed by atoms with Gasteiger partial charge in [-0.1, -0.05) is 12.1 Å². The van der Waals surface area contributed by atoms with Crippen LogP contribution in [0, 0.1) is 10.1 Å². The fourth-order valence-corrected chi connectivity index (χ4v) is 1.47. The number of aromatic nitrogens is 1. The SMILES string of the molecule is O=[N+]([O-])CCc1ccc2cc[nH]c2c1. The molecule has 14 heavy (non-hydrogen) atoms. The van der Waals surface area contributed by atoms with Crippen molar-refractivity contribution in [1.82, 2.24) is 4.98 Å². The summed E-state index contributed by atoms with van der Waals surface area (Å²) in [6.45, 7) is -0.00772. The molecule has 0 bridgehead atoms. The van der Waals surface area contributed by atoms with Crippen molar-refractivity contribution in [3.8, 4) is 0 Å². The van der Waals surface area contributed by atoms with E-state index in [4.69, 9.17) is 0 Å². The Kier molecular flexibility index (Phi) is 2.18. The Morgan fingerprint density at radius 3 is 3.00 bits per heavy atom. The molecule has 1 aromatic carbocycles. The van der Waals surface area contributed by atoms with Crippen LogP contribution in [0.4, 0.5) is 0 Å². The van der Waals surface area contributed by atoms with Crippen LogP contribution >= 0.6 is 0 Å². The van der Waals surface area contributed by atoms with Gasteiger partial charge < -0.3 is 4.98 Å². The molecule has 0 atom stereocenters. The summed E-state index contributed by atoms with van der Waals surface area (Å²) in [4.78, 5) is 13.0. The molecule has 0 saturated carbocycles. The first-order valence-corrected chi connectivity index (χ1v) is 4.43. The zero-order valence-corrected chi connectivity index (χ0v) is 7.56. The van der Waals surface area contributed by atoms with E-state index in [1.807, 2.05) is 30.5 Å². The standard InChI is InChI=1S/C10H10N2O2/c13-12(14)6-4-8-1-2-9-3-5-11-10(9)7-8/h1-3,5,7,11H,4,6H2. The number of rotatable bonds is 3. The number of nitrogens with one attached hydrogen (secondary N) is 1. The summed E-state index contributed by atoms with van der Waals surface area (Å²) in [6, 6.07) is 7.84. The maximum absolute atomic E-state index is 10.2. The second kappa shape index (κ2) is 3.49. The predicted octanol–water partition coefficient (Wildman–Crippen LogP) is 1.99. The molecule has 1 N–H and O–H groups in total. The minimum atomic E-state index is -0.293. The third-order valence-corrected chi connectivity index (χ3v) is 2.20. The fourth-order valence-electron chi connectivity index (χ4n) is 1.47. The lowest BCUT2D eigenvalue weighted by Gasteiger charge is -1.97. The molecular weight excluding hydrogens is 180 g/mol. The van der Waals surface area contributed by atoms with Crippen molar-refractivity contribution in [2.45, 2.75) is 6.42 Å². The fraction of sp³-hybridized carbons (Fsp3) is 0.200. The van der Waals surface area contributed by atoms with Crippen molar-refractivity contribution in [1.29, 1.82) is 0 Å². The molecule has 2 rings (SSSR count). The monoisotopic (exact) mass is 190 g/mol. The van der Waals surface area contributed by atoms with Crippen molar-refractivity contribution in [2.75, 3.05) is 6.54 Å². The predicted molar refractivity (Wildman–Crippen MR) is 53.9 cm³/mol. The van der Waals surface area contributed by atoms with Crippen LogP contribution in [0.5, 0.6) is 0 Å². The highest BCUT2D eigenvalue weighted by molar-refractivity contribution is 5.79. The molecule has 4 nitrogen and oxygen atoms in total. The van der Waals surface area contributed by atoms with Crippen LogP contribution in [0.25, 0.3) is 10.9 Å². The number of aromatic amines is 1. The quantitative estimate of drug-likeness (QED) is 0.594. The second-order valence-corrected chi connectivity index (χ2v) is 3.21. The highest BCUT2D eigenvalue weighted by Crippen LogP contribution is 2.14. The van der Waals surface area contributed by atoms with Gasteiger partial charge in [0.05, 0.1) is 0 Å². The van der Waals surface area contributed by atoms with Crippen molar-refractivity contribution in [2.24, 2.45) is 0 Å². The summed E-state index contributed by atoms with van der Waals surface area (Å²) in [7, 11) is 0. The largest absolute Gasteiger partial charge is 0.361 e. The van der Waals surface area contributed by atoms with E-state index in [1.54, 1.807) is 0 Å². The lowest BCUT2D eigenvalue weighted by molar-refractivity contribution is -0.479. The van der Waals surface area contributed by atoms with Gasteiger partial charge in [-0.25, -0.2) is 0 Å². The first kappa shape index (κ1) is 8.74. The van der Waals surface area contributed by atoms with E-state index in [-0.39, 0.29) is 11.5 Å². The minimum absolute atomic E-state index is 0.00772. The average molecular weight is 190 g/mol. The van der Waals surface area contributed by atoms with E-state index in [0.29, 0.717) is 6.42 Å². The summed E-state index contributed by atoms with van der Waals surface area (Å²) in [5.41, 5.74) is 2.03. The Hall–Kier alpha value is -1.84. The molecule has 0 aliphatic carbocycles. The summed E-state index contributed by atoms with van der Waals surface area (Å²) < 4.78 is 0. The molecule has 4 heteroatoms. The maximum Gasteiger partial charge on any atom is 0.207 e. The van der Waals surface area contributed by atoms with Crippen molar-refractivity contribution < 1.29 is 4.92 Å². The van der Waals surface area contributed by atoms with Gasteiger partial charge in [-0.15, -0.1) is 0 Å². The van der Waals surface area contributed by atoms with Crippen molar-refractivity contribution in [3.05, 3.63) is 46.1 Å². The number of nitrogens with zero attached hydrogens (tertiary/aromatic N) is 1. The summed E-state index contributed by atoms with van der Waals surface area (Å²) >= 11 is 0. The molecule has 0 unspecified atom stereocenters. The highest BCUT2D eigenvalue weighted by Gasteiger charge is 2.01. The van der Waals surface area contributed by atoms with E-state index in [1.165, 1.54) is 0 Å². The molecule has 2 aromatic rings.